The summed E-state index contributed by atoms with van der Waals surface area (Å²) in [4.78, 5) is 0. The first-order chi connectivity index (χ1) is 4.48. The van der Waals surface area contributed by atoms with Crippen molar-refractivity contribution < 1.29 is 13.0 Å². The van der Waals surface area contributed by atoms with Gasteiger partial charge in [0.2, 0.25) is 0 Å². The van der Waals surface area contributed by atoms with E-state index in [1.165, 1.54) is 6.92 Å². The summed E-state index contributed by atoms with van der Waals surface area (Å²) in [7, 11) is -3.89. The summed E-state index contributed by atoms with van der Waals surface area (Å²) in [5.41, 5.74) is 0. The quantitative estimate of drug-likeness (QED) is 0.588. The van der Waals surface area contributed by atoms with Gasteiger partial charge in [-0.05, 0) is 19.9 Å². The van der Waals surface area contributed by atoms with Crippen LogP contribution in [0.2, 0.25) is 0 Å². The van der Waals surface area contributed by atoms with Gasteiger partial charge in [0.25, 0.3) is 10.1 Å². The van der Waals surface area contributed by atoms with Gasteiger partial charge in [0.05, 0.1) is 0 Å². The van der Waals surface area contributed by atoms with E-state index in [0.29, 0.717) is 6.54 Å². The maximum absolute atomic E-state index is 10.3. The van der Waals surface area contributed by atoms with E-state index < -0.39 is 15.5 Å². The lowest BCUT2D eigenvalue weighted by Gasteiger charge is -2.08. The van der Waals surface area contributed by atoms with Crippen LogP contribution in [0.3, 0.4) is 0 Å². The minimum Gasteiger partial charge on any atom is -0.299 e. The van der Waals surface area contributed by atoms with E-state index in [1.54, 1.807) is 0 Å². The molecule has 0 heterocycles. The normalized spacial score (nSPS) is 15.1. The largest absolute Gasteiger partial charge is 0.299 e. The molecule has 62 valence electrons. The van der Waals surface area contributed by atoms with Crippen LogP contribution in [0.25, 0.3) is 0 Å². The molecular formula is C5H13NO3S. The fraction of sp³-hybridized carbons (Fsp3) is 1.00. The summed E-state index contributed by atoms with van der Waals surface area (Å²) < 4.78 is 29.1. The Morgan fingerprint density at radius 2 is 2.10 bits per heavy atom. The monoisotopic (exact) mass is 167 g/mol. The summed E-state index contributed by atoms with van der Waals surface area (Å²) in [6, 6.07) is 0. The highest BCUT2D eigenvalue weighted by molar-refractivity contribution is 7.86. The smallest absolute Gasteiger partial charge is 0.280 e. The summed E-state index contributed by atoms with van der Waals surface area (Å²) in [5.74, 6) is 0. The van der Waals surface area contributed by atoms with Crippen LogP contribution in [0.5, 0.6) is 0 Å². The lowest BCUT2D eigenvalue weighted by Crippen LogP contribution is -2.33. The zero-order valence-electron chi connectivity index (χ0n) is 6.16. The third-order valence-corrected chi connectivity index (χ3v) is 2.19. The molecule has 0 aromatic carbocycles. The Kier molecular flexibility index (Phi) is 3.85. The predicted molar refractivity (Wildman–Crippen MR) is 39.3 cm³/mol. The van der Waals surface area contributed by atoms with Crippen LogP contribution >= 0.6 is 0 Å². The molecule has 1 atom stereocenters. The van der Waals surface area contributed by atoms with E-state index in [2.05, 4.69) is 5.32 Å². The standard InChI is InChI=1S/C5H13NO3S/c1-3-4-6-5(2)10(7,8)9/h5-6H,3-4H2,1-2H3,(H,7,8,9). The first-order valence-electron chi connectivity index (χ1n) is 3.18. The van der Waals surface area contributed by atoms with Gasteiger partial charge in [-0.25, -0.2) is 0 Å². The van der Waals surface area contributed by atoms with Crippen molar-refractivity contribution in [2.24, 2.45) is 0 Å². The average Bonchev–Trinajstić information content (AvgIpc) is 1.80. The number of hydrogen-bond donors (Lipinski definition) is 2. The Morgan fingerprint density at radius 3 is 2.40 bits per heavy atom. The van der Waals surface area contributed by atoms with Crippen molar-refractivity contribution in [1.29, 1.82) is 0 Å². The van der Waals surface area contributed by atoms with Crippen molar-refractivity contribution in [3.8, 4) is 0 Å². The molecule has 0 aliphatic carbocycles. The second-order valence-corrected chi connectivity index (χ2v) is 3.85. The highest BCUT2D eigenvalue weighted by atomic mass is 32.2. The van der Waals surface area contributed by atoms with E-state index in [1.807, 2.05) is 6.92 Å². The number of nitrogens with one attached hydrogen (secondary N) is 1. The maximum atomic E-state index is 10.3. The Morgan fingerprint density at radius 1 is 1.60 bits per heavy atom. The van der Waals surface area contributed by atoms with Gasteiger partial charge in [-0.2, -0.15) is 8.42 Å². The maximum Gasteiger partial charge on any atom is 0.280 e. The fourth-order valence-corrected chi connectivity index (χ4v) is 0.781. The van der Waals surface area contributed by atoms with E-state index in [-0.39, 0.29) is 0 Å². The van der Waals surface area contributed by atoms with Gasteiger partial charge in [-0.3, -0.25) is 9.87 Å². The molecule has 0 saturated heterocycles. The van der Waals surface area contributed by atoms with Gasteiger partial charge < -0.3 is 0 Å². The van der Waals surface area contributed by atoms with Crippen LogP contribution in [0, 0.1) is 0 Å². The molecule has 0 aromatic rings. The third-order valence-electron chi connectivity index (χ3n) is 1.13. The van der Waals surface area contributed by atoms with Crippen LogP contribution < -0.4 is 5.32 Å². The summed E-state index contributed by atoms with van der Waals surface area (Å²) in [6.07, 6.45) is 0.847. The molecule has 2 N–H and O–H groups in total. The molecule has 0 rings (SSSR count). The van der Waals surface area contributed by atoms with Crippen LogP contribution in [-0.4, -0.2) is 24.9 Å². The van der Waals surface area contributed by atoms with E-state index in [0.717, 1.165) is 6.42 Å². The summed E-state index contributed by atoms with van der Waals surface area (Å²) in [6.45, 7) is 3.93. The molecule has 4 nitrogen and oxygen atoms in total. The topological polar surface area (TPSA) is 66.4 Å². The second kappa shape index (κ2) is 3.90. The fourth-order valence-electron chi connectivity index (χ4n) is 0.453. The average molecular weight is 167 g/mol. The molecule has 0 fully saturated rings. The molecular weight excluding hydrogens is 154 g/mol. The molecule has 10 heavy (non-hydrogen) atoms. The molecule has 0 saturated carbocycles. The van der Waals surface area contributed by atoms with Crippen molar-refractivity contribution in [2.75, 3.05) is 6.54 Å². The van der Waals surface area contributed by atoms with Gasteiger partial charge in [0.1, 0.15) is 5.37 Å². The van der Waals surface area contributed by atoms with E-state index >= 15 is 0 Å². The molecule has 0 aromatic heterocycles. The van der Waals surface area contributed by atoms with Crippen molar-refractivity contribution in [1.82, 2.24) is 5.32 Å². The summed E-state index contributed by atoms with van der Waals surface area (Å²) >= 11 is 0. The lowest BCUT2D eigenvalue weighted by molar-refractivity contribution is 0.456. The Balaban J connectivity index is 3.75. The predicted octanol–water partition coefficient (Wildman–Crippen LogP) is 0.220. The van der Waals surface area contributed by atoms with Gasteiger partial charge >= 0.3 is 0 Å². The Bertz CT molecular complexity index is 175. The van der Waals surface area contributed by atoms with Crippen molar-refractivity contribution in [3.63, 3.8) is 0 Å². The Labute approximate surface area is 61.4 Å². The highest BCUT2D eigenvalue weighted by Crippen LogP contribution is 1.91. The van der Waals surface area contributed by atoms with Crippen LogP contribution in [-0.2, 0) is 10.1 Å². The van der Waals surface area contributed by atoms with Crippen molar-refractivity contribution >= 4 is 10.1 Å². The van der Waals surface area contributed by atoms with Gasteiger partial charge in [0, 0.05) is 0 Å². The van der Waals surface area contributed by atoms with Crippen LogP contribution in [0.1, 0.15) is 20.3 Å². The molecule has 1 unspecified atom stereocenters. The minimum atomic E-state index is -3.89. The minimum absolute atomic E-state index is 0.598. The third kappa shape index (κ3) is 3.81. The molecule has 0 aliphatic heterocycles. The first kappa shape index (κ1) is 9.87. The molecule has 0 radical (unpaired) electrons. The van der Waals surface area contributed by atoms with Gasteiger partial charge in [0.15, 0.2) is 0 Å². The zero-order chi connectivity index (χ0) is 8.20. The van der Waals surface area contributed by atoms with Crippen LogP contribution in [0.4, 0.5) is 0 Å². The van der Waals surface area contributed by atoms with E-state index in [4.69, 9.17) is 4.55 Å². The summed E-state index contributed by atoms with van der Waals surface area (Å²) in [5, 5.41) is 1.78. The number of rotatable bonds is 4. The second-order valence-electron chi connectivity index (χ2n) is 2.11. The van der Waals surface area contributed by atoms with E-state index in [9.17, 15) is 8.42 Å². The Hall–Kier alpha value is -0.130. The highest BCUT2D eigenvalue weighted by Gasteiger charge is 2.14. The molecule has 0 bridgehead atoms. The molecule has 0 spiro atoms. The van der Waals surface area contributed by atoms with Gasteiger partial charge in [-0.1, -0.05) is 6.92 Å². The molecule has 0 amide bonds. The van der Waals surface area contributed by atoms with Gasteiger partial charge in [-0.15, -0.1) is 0 Å². The lowest BCUT2D eigenvalue weighted by atomic mass is 10.5. The molecule has 0 aliphatic rings. The van der Waals surface area contributed by atoms with Crippen LogP contribution in [0.15, 0.2) is 0 Å². The zero-order valence-corrected chi connectivity index (χ0v) is 6.98. The SMILES string of the molecule is CCCNC(C)S(=O)(=O)O. The number of hydrogen-bond acceptors (Lipinski definition) is 3. The first-order valence-corrected chi connectivity index (χ1v) is 4.68. The van der Waals surface area contributed by atoms with Crippen molar-refractivity contribution in [3.05, 3.63) is 0 Å². The van der Waals surface area contributed by atoms with Crippen molar-refractivity contribution in [2.45, 2.75) is 25.6 Å². The molecule has 5 heteroatoms.